The van der Waals surface area contributed by atoms with Crippen molar-refractivity contribution in [1.29, 1.82) is 0 Å². The standard InChI is InChI=1S/C15H32N2O/c1-4-8-15(13-16,9-5-2)17(3)10-11-18-12-14-6-7-14/h14H,4-13,16H2,1-3H3. The maximum atomic E-state index is 6.06. The van der Waals surface area contributed by atoms with Gasteiger partial charge < -0.3 is 10.5 Å². The van der Waals surface area contributed by atoms with Crippen molar-refractivity contribution in [2.24, 2.45) is 11.7 Å². The second kappa shape index (κ2) is 8.13. The smallest absolute Gasteiger partial charge is 0.0593 e. The molecule has 0 aliphatic heterocycles. The quantitative estimate of drug-likeness (QED) is 0.578. The lowest BCUT2D eigenvalue weighted by molar-refractivity contribution is 0.0492. The summed E-state index contributed by atoms with van der Waals surface area (Å²) in [7, 11) is 2.21. The van der Waals surface area contributed by atoms with E-state index in [0.717, 1.165) is 32.2 Å². The first-order valence-corrected chi connectivity index (χ1v) is 7.67. The van der Waals surface area contributed by atoms with Gasteiger partial charge in [-0.25, -0.2) is 0 Å². The second-order valence-electron chi connectivity index (χ2n) is 5.87. The Kier molecular flexibility index (Phi) is 7.20. The van der Waals surface area contributed by atoms with Crippen LogP contribution in [0.3, 0.4) is 0 Å². The molecule has 0 aromatic rings. The maximum Gasteiger partial charge on any atom is 0.0593 e. The first-order valence-electron chi connectivity index (χ1n) is 7.67. The Bertz CT molecular complexity index is 211. The molecule has 1 rings (SSSR count). The fraction of sp³-hybridized carbons (Fsp3) is 1.00. The lowest BCUT2D eigenvalue weighted by atomic mass is 9.87. The molecule has 0 amide bonds. The van der Waals surface area contributed by atoms with Gasteiger partial charge in [0.25, 0.3) is 0 Å². The van der Waals surface area contributed by atoms with Crippen molar-refractivity contribution in [3.05, 3.63) is 0 Å². The van der Waals surface area contributed by atoms with E-state index < -0.39 is 0 Å². The van der Waals surface area contributed by atoms with Crippen LogP contribution in [0.15, 0.2) is 0 Å². The number of nitrogens with zero attached hydrogens (tertiary/aromatic N) is 1. The Hall–Kier alpha value is -0.120. The molecule has 0 spiro atoms. The predicted molar refractivity (Wildman–Crippen MR) is 77.8 cm³/mol. The minimum Gasteiger partial charge on any atom is -0.380 e. The molecule has 2 N–H and O–H groups in total. The zero-order valence-electron chi connectivity index (χ0n) is 12.6. The highest BCUT2D eigenvalue weighted by molar-refractivity contribution is 4.89. The summed E-state index contributed by atoms with van der Waals surface area (Å²) in [4.78, 5) is 2.44. The molecule has 0 bridgehead atoms. The Morgan fingerprint density at radius 1 is 1.22 bits per heavy atom. The Labute approximate surface area is 113 Å². The van der Waals surface area contributed by atoms with Gasteiger partial charge in [-0.05, 0) is 38.6 Å². The summed E-state index contributed by atoms with van der Waals surface area (Å²) in [5, 5.41) is 0. The molecular formula is C15H32N2O. The largest absolute Gasteiger partial charge is 0.380 e. The normalized spacial score (nSPS) is 16.5. The van der Waals surface area contributed by atoms with Crippen molar-refractivity contribution >= 4 is 0 Å². The second-order valence-corrected chi connectivity index (χ2v) is 5.87. The van der Waals surface area contributed by atoms with Crippen molar-refractivity contribution in [3.8, 4) is 0 Å². The third-order valence-corrected chi connectivity index (χ3v) is 4.24. The number of ether oxygens (including phenoxy) is 1. The van der Waals surface area contributed by atoms with Crippen LogP contribution in [0.1, 0.15) is 52.4 Å². The van der Waals surface area contributed by atoms with E-state index in [0.29, 0.717) is 0 Å². The van der Waals surface area contributed by atoms with Gasteiger partial charge in [0.15, 0.2) is 0 Å². The highest BCUT2D eigenvalue weighted by Crippen LogP contribution is 2.29. The van der Waals surface area contributed by atoms with E-state index >= 15 is 0 Å². The monoisotopic (exact) mass is 256 g/mol. The van der Waals surface area contributed by atoms with E-state index in [4.69, 9.17) is 10.5 Å². The topological polar surface area (TPSA) is 38.5 Å². The van der Waals surface area contributed by atoms with Crippen molar-refractivity contribution in [2.75, 3.05) is 33.4 Å². The van der Waals surface area contributed by atoms with Crippen molar-refractivity contribution < 1.29 is 4.74 Å². The summed E-state index contributed by atoms with van der Waals surface area (Å²) >= 11 is 0. The number of hydrogen-bond donors (Lipinski definition) is 1. The summed E-state index contributed by atoms with van der Waals surface area (Å²) in [5.41, 5.74) is 6.25. The number of likely N-dealkylation sites (N-methyl/N-ethyl adjacent to an activating group) is 1. The minimum atomic E-state index is 0.187. The van der Waals surface area contributed by atoms with E-state index in [2.05, 4.69) is 25.8 Å². The zero-order chi connectivity index (χ0) is 13.4. The van der Waals surface area contributed by atoms with E-state index in [-0.39, 0.29) is 5.54 Å². The van der Waals surface area contributed by atoms with Gasteiger partial charge in [0.05, 0.1) is 6.61 Å². The summed E-state index contributed by atoms with van der Waals surface area (Å²) in [6.07, 6.45) is 7.52. The third kappa shape index (κ3) is 4.87. The molecule has 0 aromatic heterocycles. The van der Waals surface area contributed by atoms with Gasteiger partial charge in [-0.15, -0.1) is 0 Å². The molecule has 18 heavy (non-hydrogen) atoms. The van der Waals surface area contributed by atoms with Gasteiger partial charge in [0.1, 0.15) is 0 Å². The molecule has 0 radical (unpaired) electrons. The van der Waals surface area contributed by atoms with Crippen LogP contribution in [-0.4, -0.2) is 43.8 Å². The van der Waals surface area contributed by atoms with Crippen LogP contribution in [0.25, 0.3) is 0 Å². The highest BCUT2D eigenvalue weighted by Gasteiger charge is 2.31. The lowest BCUT2D eigenvalue weighted by Gasteiger charge is -2.41. The van der Waals surface area contributed by atoms with Crippen LogP contribution < -0.4 is 5.73 Å². The fourth-order valence-corrected chi connectivity index (χ4v) is 2.77. The predicted octanol–water partition coefficient (Wildman–Crippen LogP) is 2.64. The Balaban J connectivity index is 2.32. The van der Waals surface area contributed by atoms with Gasteiger partial charge in [-0.1, -0.05) is 26.7 Å². The average molecular weight is 256 g/mol. The average Bonchev–Trinajstić information content (AvgIpc) is 3.18. The van der Waals surface area contributed by atoms with Crippen molar-refractivity contribution in [3.63, 3.8) is 0 Å². The van der Waals surface area contributed by atoms with Crippen LogP contribution in [0, 0.1) is 5.92 Å². The molecule has 3 nitrogen and oxygen atoms in total. The zero-order valence-corrected chi connectivity index (χ0v) is 12.6. The molecule has 0 heterocycles. The molecule has 0 unspecified atom stereocenters. The third-order valence-electron chi connectivity index (χ3n) is 4.24. The molecule has 0 aromatic carbocycles. The van der Waals surface area contributed by atoms with Gasteiger partial charge >= 0.3 is 0 Å². The van der Waals surface area contributed by atoms with Crippen molar-refractivity contribution in [2.45, 2.75) is 57.9 Å². The summed E-state index contributed by atoms with van der Waals surface area (Å²) in [5.74, 6) is 0.862. The van der Waals surface area contributed by atoms with Crippen LogP contribution in [0.2, 0.25) is 0 Å². The SMILES string of the molecule is CCCC(CN)(CCC)N(C)CCOCC1CC1. The first-order chi connectivity index (χ1) is 8.68. The molecule has 1 fully saturated rings. The van der Waals surface area contributed by atoms with Crippen LogP contribution in [0.4, 0.5) is 0 Å². The molecule has 3 heteroatoms. The Morgan fingerprint density at radius 3 is 2.28 bits per heavy atom. The van der Waals surface area contributed by atoms with Gasteiger partial charge in [0, 0.05) is 25.2 Å². The Morgan fingerprint density at radius 2 is 1.83 bits per heavy atom. The first kappa shape index (κ1) is 15.9. The van der Waals surface area contributed by atoms with E-state index in [1.807, 2.05) is 0 Å². The lowest BCUT2D eigenvalue weighted by Crippen LogP contribution is -2.53. The number of rotatable bonds is 11. The molecular weight excluding hydrogens is 224 g/mol. The van der Waals surface area contributed by atoms with E-state index in [9.17, 15) is 0 Å². The number of nitrogens with two attached hydrogens (primary N) is 1. The van der Waals surface area contributed by atoms with Gasteiger partial charge in [0.2, 0.25) is 0 Å². The molecule has 1 aliphatic carbocycles. The molecule has 0 saturated heterocycles. The molecule has 0 atom stereocenters. The highest BCUT2D eigenvalue weighted by atomic mass is 16.5. The summed E-state index contributed by atoms with van der Waals surface area (Å²) in [6, 6.07) is 0. The summed E-state index contributed by atoms with van der Waals surface area (Å²) < 4.78 is 5.74. The molecule has 108 valence electrons. The van der Waals surface area contributed by atoms with Crippen LogP contribution >= 0.6 is 0 Å². The fourth-order valence-electron chi connectivity index (χ4n) is 2.77. The van der Waals surface area contributed by atoms with E-state index in [1.54, 1.807) is 0 Å². The molecule has 1 saturated carbocycles. The maximum absolute atomic E-state index is 6.06. The van der Waals surface area contributed by atoms with Gasteiger partial charge in [-0.2, -0.15) is 0 Å². The molecule has 1 aliphatic rings. The van der Waals surface area contributed by atoms with Crippen molar-refractivity contribution in [1.82, 2.24) is 4.90 Å². The number of hydrogen-bond acceptors (Lipinski definition) is 3. The van der Waals surface area contributed by atoms with E-state index in [1.165, 1.54) is 38.5 Å². The van der Waals surface area contributed by atoms with Gasteiger partial charge in [-0.3, -0.25) is 4.90 Å². The summed E-state index contributed by atoms with van der Waals surface area (Å²) in [6.45, 7) is 8.07. The van der Waals surface area contributed by atoms with Crippen LogP contribution in [0.5, 0.6) is 0 Å². The minimum absolute atomic E-state index is 0.187. The van der Waals surface area contributed by atoms with Crippen LogP contribution in [-0.2, 0) is 4.74 Å².